The molecule has 14 heteroatoms. The van der Waals surface area contributed by atoms with Crippen molar-refractivity contribution in [2.75, 3.05) is 7.05 Å². The fourth-order valence-corrected chi connectivity index (χ4v) is 8.32. The number of benzene rings is 4. The quantitative estimate of drug-likeness (QED) is 0.0702. The van der Waals surface area contributed by atoms with E-state index in [-0.39, 0.29) is 25.4 Å². The van der Waals surface area contributed by atoms with Crippen LogP contribution in [0.15, 0.2) is 103 Å². The van der Waals surface area contributed by atoms with Crippen molar-refractivity contribution in [1.29, 1.82) is 0 Å². The number of ether oxygens (including phenoxy) is 2. The number of para-hydroxylation sites is 1. The summed E-state index contributed by atoms with van der Waals surface area (Å²) < 4.78 is 11.1. The topological polar surface area (TPSA) is 202 Å². The molecule has 1 aliphatic rings. The van der Waals surface area contributed by atoms with Crippen molar-refractivity contribution in [3.63, 3.8) is 0 Å². The molecule has 5 aromatic rings. The summed E-state index contributed by atoms with van der Waals surface area (Å²) in [6, 6.07) is 24.9. The van der Waals surface area contributed by atoms with Gasteiger partial charge in [-0.2, -0.15) is 0 Å². The zero-order valence-corrected chi connectivity index (χ0v) is 36.4. The summed E-state index contributed by atoms with van der Waals surface area (Å²) in [7, 11) is 1.51. The monoisotopic (exact) mass is 858 g/mol. The second-order valence-electron chi connectivity index (χ2n) is 17.3. The number of nitrogens with zero attached hydrogens (tertiary/aromatic N) is 1. The average Bonchev–Trinajstić information content (AvgIpc) is 3.67. The Balaban J connectivity index is 1.28. The molecule has 5 amide bonds. The first kappa shape index (κ1) is 45.8. The molecule has 14 nitrogen and oxygen atoms in total. The van der Waals surface area contributed by atoms with Gasteiger partial charge in [-0.15, -0.1) is 0 Å². The molecule has 0 radical (unpaired) electrons. The van der Waals surface area contributed by atoms with E-state index in [0.29, 0.717) is 12.8 Å². The molecule has 63 heavy (non-hydrogen) atoms. The fourth-order valence-electron chi connectivity index (χ4n) is 8.32. The van der Waals surface area contributed by atoms with Crippen molar-refractivity contribution in [3.8, 4) is 0 Å². The number of esters is 1. The number of fused-ring (bicyclic) bond motifs is 2. The highest BCUT2D eigenvalue weighted by Crippen LogP contribution is 2.30. The van der Waals surface area contributed by atoms with Gasteiger partial charge in [0.05, 0.1) is 6.42 Å². The predicted molar refractivity (Wildman–Crippen MR) is 240 cm³/mol. The molecule has 1 aromatic heterocycles. The van der Waals surface area contributed by atoms with Gasteiger partial charge >= 0.3 is 12.1 Å². The number of alkyl carbamates (subject to hydrolysis) is 1. The lowest BCUT2D eigenvalue weighted by molar-refractivity contribution is -0.149. The van der Waals surface area contributed by atoms with Crippen LogP contribution in [0.4, 0.5) is 4.79 Å². The van der Waals surface area contributed by atoms with Crippen LogP contribution < -0.4 is 21.7 Å². The molecule has 1 aliphatic carbocycles. The van der Waals surface area contributed by atoms with Crippen LogP contribution >= 0.6 is 0 Å². The number of nitrogens with two attached hydrogens (primary N) is 1. The highest BCUT2D eigenvalue weighted by atomic mass is 16.6. The molecule has 332 valence electrons. The number of aromatic nitrogens is 1. The first-order valence-electron chi connectivity index (χ1n) is 21.5. The minimum Gasteiger partial charge on any atom is -0.461 e. The van der Waals surface area contributed by atoms with Gasteiger partial charge in [-0.25, -0.2) is 4.79 Å². The number of rotatable bonds is 17. The number of carbonyl (C=O) groups excluding carboxylic acids is 6. The van der Waals surface area contributed by atoms with E-state index in [4.69, 9.17) is 15.2 Å². The molecule has 0 aliphatic heterocycles. The van der Waals surface area contributed by atoms with Gasteiger partial charge in [-0.05, 0) is 73.1 Å². The molecule has 6 rings (SSSR count). The van der Waals surface area contributed by atoms with Crippen molar-refractivity contribution in [1.82, 2.24) is 25.8 Å². The summed E-state index contributed by atoms with van der Waals surface area (Å²) in [5, 5.41) is 10.9. The molecule has 4 atom stereocenters. The van der Waals surface area contributed by atoms with E-state index in [1.165, 1.54) is 11.9 Å². The van der Waals surface area contributed by atoms with Crippen molar-refractivity contribution in [2.24, 2.45) is 11.7 Å². The van der Waals surface area contributed by atoms with E-state index in [9.17, 15) is 28.8 Å². The van der Waals surface area contributed by atoms with Crippen molar-refractivity contribution in [2.45, 2.75) is 109 Å². The van der Waals surface area contributed by atoms with E-state index in [2.05, 4.69) is 20.9 Å². The number of carbonyl (C=O) groups is 6. The lowest BCUT2D eigenvalue weighted by Gasteiger charge is -2.38. The highest BCUT2D eigenvalue weighted by Gasteiger charge is 2.40. The summed E-state index contributed by atoms with van der Waals surface area (Å²) in [6.45, 7) is 5.09. The van der Waals surface area contributed by atoms with Crippen LogP contribution in [0.2, 0.25) is 0 Å². The number of nitrogens with one attached hydrogen (secondary N) is 4. The second-order valence-corrected chi connectivity index (χ2v) is 17.3. The maximum Gasteiger partial charge on any atom is 0.408 e. The van der Waals surface area contributed by atoms with Crippen LogP contribution in [-0.2, 0) is 52.9 Å². The number of primary amides is 1. The van der Waals surface area contributed by atoms with Gasteiger partial charge in [-0.1, -0.05) is 110 Å². The summed E-state index contributed by atoms with van der Waals surface area (Å²) in [5.74, 6) is -3.96. The molecule has 6 N–H and O–H groups in total. The normalized spacial score (nSPS) is 15.0. The SMILES string of the molecule is CN(C(=O)[C@H](Cc1c[nH]c2ccccc12)NC(=O)OC(C)(C)C)[C@H](C(=O)N[C@@H](CC(=O)OCc1ccccc1)C(=O)N[C@@H](Cc1cccc2ccccc12)C(N)=O)C1CCCCC1. The standard InChI is InChI=1S/C49H58N6O8/c1-49(2,3)63-48(61)54-41(27-35-29-51-38-25-14-13-24-37(35)38)47(60)55(4)43(33-19-9-6-10-20-33)46(59)53-40(28-42(56)62-30-31-16-7-5-8-17-31)45(58)52-39(44(50)57)26-34-22-15-21-32-18-11-12-23-36(32)34/h5,7-8,11-18,21-25,29,33,39-41,43,51H,6,9-10,19-20,26-28,30H2,1-4H3,(H2,50,57)(H,52,58)(H,53,59)(H,54,61)/t39-,40-,41-,43-/m0/s1. The van der Waals surface area contributed by atoms with E-state index in [1.54, 1.807) is 51.2 Å². The highest BCUT2D eigenvalue weighted by molar-refractivity contribution is 5.97. The Hall–Kier alpha value is -6.70. The Kier molecular flexibility index (Phi) is 15.2. The average molecular weight is 859 g/mol. The maximum absolute atomic E-state index is 14.8. The molecule has 0 unspecified atom stereocenters. The Morgan fingerprint density at radius 2 is 1.37 bits per heavy atom. The van der Waals surface area contributed by atoms with E-state index >= 15 is 0 Å². The minimum atomic E-state index is -1.52. The van der Waals surface area contributed by atoms with Gasteiger partial charge in [0.15, 0.2) is 0 Å². The lowest BCUT2D eigenvalue weighted by Crippen LogP contribution is -2.61. The van der Waals surface area contributed by atoms with Gasteiger partial charge in [0.1, 0.15) is 36.4 Å². The first-order chi connectivity index (χ1) is 30.2. The number of likely N-dealkylation sites (N-methyl/N-ethyl adjacent to an activating group) is 1. The van der Waals surface area contributed by atoms with Crippen LogP contribution in [0.25, 0.3) is 21.7 Å². The number of hydrogen-bond acceptors (Lipinski definition) is 8. The molecular weight excluding hydrogens is 801 g/mol. The Morgan fingerprint density at radius 1 is 0.730 bits per heavy atom. The van der Waals surface area contributed by atoms with Crippen LogP contribution in [0.1, 0.15) is 76.0 Å². The molecule has 4 aromatic carbocycles. The van der Waals surface area contributed by atoms with E-state index < -0.39 is 71.9 Å². The molecule has 0 bridgehead atoms. The molecular formula is C49H58N6O8. The largest absolute Gasteiger partial charge is 0.461 e. The fraction of sp³-hybridized carbons (Fsp3) is 0.388. The predicted octanol–water partition coefficient (Wildman–Crippen LogP) is 6.00. The van der Waals surface area contributed by atoms with Gasteiger partial charge < -0.3 is 41.0 Å². The number of aromatic amines is 1. The van der Waals surface area contributed by atoms with Gasteiger partial charge in [0.25, 0.3) is 0 Å². The van der Waals surface area contributed by atoms with Gasteiger partial charge in [0.2, 0.25) is 23.6 Å². The zero-order valence-electron chi connectivity index (χ0n) is 36.4. The molecule has 1 saturated carbocycles. The van der Waals surface area contributed by atoms with E-state index in [1.807, 2.05) is 72.8 Å². The lowest BCUT2D eigenvalue weighted by atomic mass is 9.82. The molecule has 1 heterocycles. The van der Waals surface area contributed by atoms with Crippen LogP contribution in [0.5, 0.6) is 0 Å². The molecule has 1 fully saturated rings. The third-order valence-corrected chi connectivity index (χ3v) is 11.4. The third kappa shape index (κ3) is 12.5. The number of H-pyrrole nitrogens is 1. The molecule has 0 saturated heterocycles. The van der Waals surface area contributed by atoms with E-state index in [0.717, 1.165) is 57.6 Å². The molecule has 0 spiro atoms. The summed E-state index contributed by atoms with van der Waals surface area (Å²) in [5.41, 5.74) is 8.12. The smallest absolute Gasteiger partial charge is 0.408 e. The number of hydrogen-bond donors (Lipinski definition) is 5. The summed E-state index contributed by atoms with van der Waals surface area (Å²) in [4.78, 5) is 88.1. The minimum absolute atomic E-state index is 0.0476. The van der Waals surface area contributed by atoms with Crippen LogP contribution in [0.3, 0.4) is 0 Å². The van der Waals surface area contributed by atoms with Crippen LogP contribution in [0, 0.1) is 5.92 Å². The van der Waals surface area contributed by atoms with Crippen molar-refractivity contribution < 1.29 is 38.2 Å². The van der Waals surface area contributed by atoms with Gasteiger partial charge in [-0.3, -0.25) is 24.0 Å². The Morgan fingerprint density at radius 3 is 2.08 bits per heavy atom. The summed E-state index contributed by atoms with van der Waals surface area (Å²) in [6.07, 6.45) is 4.35. The Bertz CT molecular complexity index is 2400. The first-order valence-corrected chi connectivity index (χ1v) is 21.5. The summed E-state index contributed by atoms with van der Waals surface area (Å²) >= 11 is 0. The number of amides is 5. The second kappa shape index (κ2) is 20.9. The maximum atomic E-state index is 14.8. The van der Waals surface area contributed by atoms with Gasteiger partial charge in [0, 0.05) is 37.0 Å². The third-order valence-electron chi connectivity index (χ3n) is 11.4. The van der Waals surface area contributed by atoms with Crippen molar-refractivity contribution >= 4 is 57.4 Å². The van der Waals surface area contributed by atoms with Crippen LogP contribution in [-0.4, -0.2) is 82.4 Å². The van der Waals surface area contributed by atoms with Crippen molar-refractivity contribution in [3.05, 3.63) is 120 Å². The zero-order chi connectivity index (χ0) is 45.1. The Labute approximate surface area is 367 Å².